The summed E-state index contributed by atoms with van der Waals surface area (Å²) < 4.78 is 24.5. The van der Waals surface area contributed by atoms with Crippen molar-refractivity contribution in [1.82, 2.24) is 4.90 Å². The van der Waals surface area contributed by atoms with E-state index in [0.29, 0.717) is 19.5 Å². The van der Waals surface area contributed by atoms with Gasteiger partial charge in [0.25, 0.3) is 0 Å². The average Bonchev–Trinajstić information content (AvgIpc) is 2.74. The maximum absolute atomic E-state index is 13.6. The van der Waals surface area contributed by atoms with Crippen LogP contribution in [0.15, 0.2) is 85.0 Å². The molecule has 150 valence electrons. The first kappa shape index (κ1) is 22.3. The second kappa shape index (κ2) is 11.1. The van der Waals surface area contributed by atoms with E-state index >= 15 is 0 Å². The van der Waals surface area contributed by atoms with E-state index in [-0.39, 0.29) is 0 Å². The van der Waals surface area contributed by atoms with E-state index < -0.39 is 13.4 Å². The summed E-state index contributed by atoms with van der Waals surface area (Å²) in [7, 11) is -0.522. The summed E-state index contributed by atoms with van der Waals surface area (Å²) in [5.74, 6) is -0.508. The molecule has 0 radical (unpaired) electrons. The molecule has 0 aliphatic heterocycles. The summed E-state index contributed by atoms with van der Waals surface area (Å²) >= 11 is 0. The first-order valence-electron chi connectivity index (χ1n) is 9.37. The lowest BCUT2D eigenvalue weighted by Crippen LogP contribution is -2.37. The number of allylic oxidation sites excluding steroid dienone is 1. The molecule has 2 rings (SSSR count). The minimum absolute atomic E-state index is 0.508. The molecule has 4 nitrogen and oxygen atoms in total. The summed E-state index contributed by atoms with van der Waals surface area (Å²) in [6, 6.07) is 20.3. The topological polar surface area (TPSA) is 38.8 Å². The van der Waals surface area contributed by atoms with Crippen molar-refractivity contribution in [2.75, 3.05) is 20.8 Å². The highest BCUT2D eigenvalue weighted by molar-refractivity contribution is 7.54. The molecule has 2 aromatic rings. The van der Waals surface area contributed by atoms with Crippen LogP contribution >= 0.6 is 7.60 Å². The summed E-state index contributed by atoms with van der Waals surface area (Å²) in [4.78, 5) is 2.11. The van der Waals surface area contributed by atoms with E-state index in [1.807, 2.05) is 55.5 Å². The minimum Gasteiger partial charge on any atom is -0.311 e. The Kier molecular flexibility index (Phi) is 8.88. The highest BCUT2D eigenvalue weighted by Gasteiger charge is 2.40. The van der Waals surface area contributed by atoms with Crippen LogP contribution < -0.4 is 0 Å². The van der Waals surface area contributed by atoms with E-state index in [9.17, 15) is 4.57 Å². The van der Waals surface area contributed by atoms with Gasteiger partial charge in [-0.3, -0.25) is 9.46 Å². The Hall–Kier alpha value is -1.97. The standard InChI is InChI=1S/C23H30NO3P/c1-5-17-24(19-21-15-11-8-12-16-21)23(28(25,26-3)27-4)22(6-2)18-20-13-9-7-10-14-20/h5-16,23H,1,17-19H2,2-4H3/b22-6+. The molecule has 0 bridgehead atoms. The van der Waals surface area contributed by atoms with E-state index in [4.69, 9.17) is 9.05 Å². The van der Waals surface area contributed by atoms with Crippen LogP contribution in [0.2, 0.25) is 0 Å². The SMILES string of the molecule is C=CCN(Cc1ccccc1)C(/C(=C/C)Cc1ccccc1)P(=O)(OC)OC. The Morgan fingerprint density at radius 1 is 1.04 bits per heavy atom. The van der Waals surface area contributed by atoms with Gasteiger partial charge >= 0.3 is 7.60 Å². The minimum atomic E-state index is -3.41. The molecule has 0 saturated carbocycles. The summed E-state index contributed by atoms with van der Waals surface area (Å²) in [6.45, 7) is 7.03. The second-order valence-corrected chi connectivity index (χ2v) is 8.81. The van der Waals surface area contributed by atoms with Crippen LogP contribution in [0, 0.1) is 0 Å². The fourth-order valence-electron chi connectivity index (χ4n) is 3.32. The van der Waals surface area contributed by atoms with Gasteiger partial charge in [0.15, 0.2) is 0 Å². The Morgan fingerprint density at radius 3 is 2.04 bits per heavy atom. The van der Waals surface area contributed by atoms with Crippen LogP contribution in [-0.4, -0.2) is 31.4 Å². The molecule has 0 amide bonds. The molecule has 0 N–H and O–H groups in total. The first-order chi connectivity index (χ1) is 13.6. The fourth-order valence-corrected chi connectivity index (χ4v) is 5.09. The zero-order valence-electron chi connectivity index (χ0n) is 17.0. The predicted octanol–water partition coefficient (Wildman–Crippen LogP) is 5.68. The van der Waals surface area contributed by atoms with Crippen LogP contribution in [0.4, 0.5) is 0 Å². The largest absolute Gasteiger partial charge is 0.351 e. The molecule has 5 heteroatoms. The third kappa shape index (κ3) is 5.76. The van der Waals surface area contributed by atoms with Gasteiger partial charge in [-0.15, -0.1) is 6.58 Å². The molecule has 0 spiro atoms. The van der Waals surface area contributed by atoms with Crippen molar-refractivity contribution in [3.05, 3.63) is 96.1 Å². The quantitative estimate of drug-likeness (QED) is 0.360. The third-order valence-electron chi connectivity index (χ3n) is 4.70. The molecule has 0 aromatic heterocycles. The molecule has 1 atom stereocenters. The van der Waals surface area contributed by atoms with Gasteiger partial charge in [-0.2, -0.15) is 0 Å². The predicted molar refractivity (Wildman–Crippen MR) is 116 cm³/mol. The molecule has 1 unspecified atom stereocenters. The van der Waals surface area contributed by atoms with E-state index in [1.165, 1.54) is 14.2 Å². The van der Waals surface area contributed by atoms with Crippen LogP contribution in [0.3, 0.4) is 0 Å². The molecule has 0 fully saturated rings. The summed E-state index contributed by atoms with van der Waals surface area (Å²) in [6.07, 6.45) is 4.51. The first-order valence-corrected chi connectivity index (χ1v) is 11.0. The molecular formula is C23H30NO3P. The highest BCUT2D eigenvalue weighted by atomic mass is 31.2. The lowest BCUT2D eigenvalue weighted by molar-refractivity contribution is 0.208. The van der Waals surface area contributed by atoms with E-state index in [2.05, 4.69) is 35.7 Å². The summed E-state index contributed by atoms with van der Waals surface area (Å²) in [5.41, 5.74) is 3.27. The van der Waals surface area contributed by atoms with Gasteiger partial charge in [-0.25, -0.2) is 0 Å². The van der Waals surface area contributed by atoms with Gasteiger partial charge in [0.2, 0.25) is 0 Å². The van der Waals surface area contributed by atoms with Crippen LogP contribution in [0.5, 0.6) is 0 Å². The van der Waals surface area contributed by atoms with E-state index in [0.717, 1.165) is 16.7 Å². The maximum Gasteiger partial charge on any atom is 0.351 e. The smallest absolute Gasteiger partial charge is 0.311 e. The second-order valence-electron chi connectivity index (χ2n) is 6.51. The summed E-state index contributed by atoms with van der Waals surface area (Å²) in [5, 5.41) is 0. The Bertz CT molecular complexity index is 797. The molecule has 0 aliphatic rings. The zero-order chi connectivity index (χ0) is 20.4. The number of rotatable bonds is 11. The Morgan fingerprint density at radius 2 is 1.57 bits per heavy atom. The lowest BCUT2D eigenvalue weighted by atomic mass is 10.0. The molecule has 0 heterocycles. The van der Waals surface area contributed by atoms with Gasteiger partial charge in [0, 0.05) is 27.3 Å². The monoisotopic (exact) mass is 399 g/mol. The Balaban J connectivity index is 2.45. The van der Waals surface area contributed by atoms with Crippen molar-refractivity contribution in [3.63, 3.8) is 0 Å². The highest BCUT2D eigenvalue weighted by Crippen LogP contribution is 2.56. The van der Waals surface area contributed by atoms with Crippen molar-refractivity contribution in [2.45, 2.75) is 25.7 Å². The molecule has 0 aliphatic carbocycles. The van der Waals surface area contributed by atoms with Crippen molar-refractivity contribution in [1.29, 1.82) is 0 Å². The van der Waals surface area contributed by atoms with Gasteiger partial charge in [-0.1, -0.05) is 72.8 Å². The fraction of sp³-hybridized carbons (Fsp3) is 0.304. The average molecular weight is 399 g/mol. The number of nitrogens with zero attached hydrogens (tertiary/aromatic N) is 1. The molecule has 2 aromatic carbocycles. The van der Waals surface area contributed by atoms with Gasteiger partial charge in [0.1, 0.15) is 5.78 Å². The molecule has 0 saturated heterocycles. The van der Waals surface area contributed by atoms with Crippen LogP contribution in [0.1, 0.15) is 18.1 Å². The third-order valence-corrected chi connectivity index (χ3v) is 6.98. The van der Waals surface area contributed by atoms with Crippen molar-refractivity contribution >= 4 is 7.60 Å². The van der Waals surface area contributed by atoms with Crippen molar-refractivity contribution in [2.24, 2.45) is 0 Å². The van der Waals surface area contributed by atoms with Gasteiger partial charge in [0.05, 0.1) is 0 Å². The number of hydrogen-bond donors (Lipinski definition) is 0. The number of hydrogen-bond acceptors (Lipinski definition) is 4. The van der Waals surface area contributed by atoms with E-state index in [1.54, 1.807) is 0 Å². The maximum atomic E-state index is 13.6. The molecular weight excluding hydrogens is 369 g/mol. The normalized spacial score (nSPS) is 13.5. The van der Waals surface area contributed by atoms with Crippen LogP contribution in [-0.2, 0) is 26.6 Å². The Labute approximate surface area is 169 Å². The number of benzene rings is 2. The molecule has 28 heavy (non-hydrogen) atoms. The van der Waals surface area contributed by atoms with Crippen molar-refractivity contribution < 1.29 is 13.6 Å². The van der Waals surface area contributed by atoms with Crippen molar-refractivity contribution in [3.8, 4) is 0 Å². The zero-order valence-corrected chi connectivity index (χ0v) is 17.8. The van der Waals surface area contributed by atoms with Gasteiger partial charge < -0.3 is 9.05 Å². The lowest BCUT2D eigenvalue weighted by Gasteiger charge is -2.36. The van der Waals surface area contributed by atoms with Crippen LogP contribution in [0.25, 0.3) is 0 Å². The van der Waals surface area contributed by atoms with Gasteiger partial charge in [-0.05, 0) is 30.0 Å².